The van der Waals surface area contributed by atoms with E-state index in [2.05, 4.69) is 0 Å². The molecule has 2 heterocycles. The van der Waals surface area contributed by atoms with Crippen molar-refractivity contribution in [3.05, 3.63) is 63.8 Å². The molecule has 0 bridgehead atoms. The molecular formula is C25H28F2N2O2. The Kier molecular flexibility index (Phi) is 5.52. The molecule has 4 nitrogen and oxygen atoms in total. The molecule has 1 aliphatic heterocycles. The molecule has 2 aromatic carbocycles. The highest BCUT2D eigenvalue weighted by Crippen LogP contribution is 2.40. The van der Waals surface area contributed by atoms with Crippen LogP contribution in [-0.4, -0.2) is 21.5 Å². The number of aliphatic hydroxyl groups is 1. The molecule has 6 heteroatoms. The second-order valence-corrected chi connectivity index (χ2v) is 8.85. The van der Waals surface area contributed by atoms with Gasteiger partial charge in [-0.1, -0.05) is 6.07 Å². The number of benzene rings is 2. The zero-order chi connectivity index (χ0) is 21.5. The summed E-state index contributed by atoms with van der Waals surface area (Å²) in [5.41, 5.74) is 5.80. The van der Waals surface area contributed by atoms with Crippen molar-refractivity contribution in [2.75, 3.05) is 6.61 Å². The van der Waals surface area contributed by atoms with Gasteiger partial charge >= 0.3 is 0 Å². The molecule has 1 aliphatic carbocycles. The molecule has 1 fully saturated rings. The van der Waals surface area contributed by atoms with E-state index in [1.807, 2.05) is 23.7 Å². The van der Waals surface area contributed by atoms with Gasteiger partial charge in [-0.15, -0.1) is 0 Å². The number of aryl methyl sites for hydroxylation is 3. The molecule has 1 atom stereocenters. The predicted octanol–water partition coefficient (Wildman–Crippen LogP) is 5.48. The highest BCUT2D eigenvalue weighted by atomic mass is 19.2. The zero-order valence-electron chi connectivity index (χ0n) is 17.8. The van der Waals surface area contributed by atoms with Crippen LogP contribution < -0.4 is 0 Å². The van der Waals surface area contributed by atoms with Crippen molar-refractivity contribution in [2.24, 2.45) is 0 Å². The Morgan fingerprint density at radius 1 is 1.06 bits per heavy atom. The third-order valence-corrected chi connectivity index (χ3v) is 6.95. The molecule has 2 aliphatic rings. The third-order valence-electron chi connectivity index (χ3n) is 6.95. The van der Waals surface area contributed by atoms with Crippen molar-refractivity contribution < 1.29 is 18.6 Å². The highest BCUT2D eigenvalue weighted by molar-refractivity contribution is 5.87. The minimum atomic E-state index is -0.778. The summed E-state index contributed by atoms with van der Waals surface area (Å²) in [6.45, 7) is 2.73. The maximum absolute atomic E-state index is 13.8. The van der Waals surface area contributed by atoms with Crippen molar-refractivity contribution in [1.82, 2.24) is 9.78 Å². The summed E-state index contributed by atoms with van der Waals surface area (Å²) < 4.78 is 35.6. The Morgan fingerprint density at radius 2 is 1.77 bits per heavy atom. The lowest BCUT2D eigenvalue weighted by molar-refractivity contribution is -0.0368. The molecule has 3 aromatic rings. The van der Waals surface area contributed by atoms with Gasteiger partial charge in [-0.25, -0.2) is 13.5 Å². The minimum absolute atomic E-state index is 0.0392. The molecule has 5 rings (SSSR count). The van der Waals surface area contributed by atoms with Crippen molar-refractivity contribution >= 4 is 10.9 Å². The van der Waals surface area contributed by atoms with Crippen LogP contribution in [0.5, 0.6) is 0 Å². The quantitative estimate of drug-likeness (QED) is 0.565. The van der Waals surface area contributed by atoms with Crippen LogP contribution in [0, 0.1) is 18.6 Å². The van der Waals surface area contributed by atoms with Crippen LogP contribution in [0.4, 0.5) is 8.78 Å². The minimum Gasteiger partial charge on any atom is -0.392 e. The van der Waals surface area contributed by atoms with Crippen molar-refractivity contribution in [3.63, 3.8) is 0 Å². The lowest BCUT2D eigenvalue weighted by Crippen LogP contribution is -2.19. The van der Waals surface area contributed by atoms with Gasteiger partial charge in [0, 0.05) is 12.0 Å². The van der Waals surface area contributed by atoms with Crippen LogP contribution in [-0.2, 0) is 24.2 Å². The average molecular weight is 427 g/mol. The normalized spacial score (nSPS) is 20.1. The SMILES string of the molecule is Cc1nn(C2CCCCO2)c2ccc(CO)c(C3CCc4cc(F)c(F)cc4CC3)c12. The predicted molar refractivity (Wildman–Crippen MR) is 115 cm³/mol. The summed E-state index contributed by atoms with van der Waals surface area (Å²) in [6, 6.07) is 6.74. The largest absolute Gasteiger partial charge is 0.392 e. The molecule has 1 saturated heterocycles. The number of aliphatic hydroxyl groups excluding tert-OH is 1. The van der Waals surface area contributed by atoms with E-state index < -0.39 is 11.6 Å². The van der Waals surface area contributed by atoms with E-state index in [-0.39, 0.29) is 18.8 Å². The van der Waals surface area contributed by atoms with Gasteiger partial charge in [-0.2, -0.15) is 5.10 Å². The molecule has 1 aromatic heterocycles. The van der Waals surface area contributed by atoms with Crippen LogP contribution in [0.1, 0.15) is 72.2 Å². The molecule has 0 amide bonds. The van der Waals surface area contributed by atoms with Crippen LogP contribution in [0.15, 0.2) is 24.3 Å². The number of hydrogen-bond acceptors (Lipinski definition) is 3. The maximum Gasteiger partial charge on any atom is 0.159 e. The van der Waals surface area contributed by atoms with Gasteiger partial charge in [0.2, 0.25) is 0 Å². The average Bonchev–Trinajstić information content (AvgIpc) is 2.99. The molecule has 1 N–H and O–H groups in total. The highest BCUT2D eigenvalue weighted by Gasteiger charge is 2.27. The topological polar surface area (TPSA) is 47.3 Å². The van der Waals surface area contributed by atoms with Crippen molar-refractivity contribution in [1.29, 1.82) is 0 Å². The first-order chi connectivity index (χ1) is 15.1. The first kappa shape index (κ1) is 20.6. The van der Waals surface area contributed by atoms with E-state index in [0.717, 1.165) is 77.6 Å². The number of aromatic nitrogens is 2. The van der Waals surface area contributed by atoms with E-state index in [1.165, 1.54) is 12.1 Å². The smallest absolute Gasteiger partial charge is 0.159 e. The van der Waals surface area contributed by atoms with Gasteiger partial charge in [0.1, 0.15) is 0 Å². The summed E-state index contributed by atoms with van der Waals surface area (Å²) in [4.78, 5) is 0. The van der Waals surface area contributed by atoms with E-state index in [1.54, 1.807) is 0 Å². The summed E-state index contributed by atoms with van der Waals surface area (Å²) in [5.74, 6) is -1.37. The first-order valence-electron chi connectivity index (χ1n) is 11.3. The first-order valence-corrected chi connectivity index (χ1v) is 11.3. The summed E-state index contributed by atoms with van der Waals surface area (Å²) in [6.07, 6.45) is 6.14. The molecule has 0 saturated carbocycles. The molecule has 31 heavy (non-hydrogen) atoms. The van der Waals surface area contributed by atoms with Gasteiger partial charge in [-0.3, -0.25) is 0 Å². The second kappa shape index (κ2) is 8.32. The summed E-state index contributed by atoms with van der Waals surface area (Å²) >= 11 is 0. The van der Waals surface area contributed by atoms with Gasteiger partial charge < -0.3 is 9.84 Å². The molecule has 0 spiro atoms. The Hall–Kier alpha value is -2.31. The van der Waals surface area contributed by atoms with E-state index >= 15 is 0 Å². The maximum atomic E-state index is 13.8. The zero-order valence-corrected chi connectivity index (χ0v) is 17.8. The van der Waals surface area contributed by atoms with E-state index in [9.17, 15) is 13.9 Å². The van der Waals surface area contributed by atoms with Gasteiger partial charge in [0.05, 0.1) is 17.8 Å². The Bertz CT molecular complexity index is 1090. The Labute approximate surface area is 180 Å². The second-order valence-electron chi connectivity index (χ2n) is 8.85. The fourth-order valence-electron chi connectivity index (χ4n) is 5.42. The van der Waals surface area contributed by atoms with E-state index in [0.29, 0.717) is 12.8 Å². The van der Waals surface area contributed by atoms with Crippen LogP contribution >= 0.6 is 0 Å². The summed E-state index contributed by atoms with van der Waals surface area (Å²) in [7, 11) is 0. The number of halogens is 2. The number of ether oxygens (including phenoxy) is 1. The molecule has 0 radical (unpaired) electrons. The van der Waals surface area contributed by atoms with Crippen LogP contribution in [0.2, 0.25) is 0 Å². The van der Waals surface area contributed by atoms with Gasteiger partial charge in [0.15, 0.2) is 17.9 Å². The van der Waals surface area contributed by atoms with E-state index in [4.69, 9.17) is 9.84 Å². The number of nitrogens with zero attached hydrogens (tertiary/aromatic N) is 2. The fourth-order valence-corrected chi connectivity index (χ4v) is 5.42. The standard InChI is InChI=1S/C25H28F2N2O2/c1-15-24-22(29(28-15)23-4-2-3-11-31-23)10-9-19(14-30)25(24)16-5-7-17-12-20(26)21(27)13-18(17)8-6-16/h9-10,12-13,16,23,30H,2-8,11,14H2,1H3. The van der Waals surface area contributed by atoms with Gasteiger partial charge in [-0.05, 0) is 98.2 Å². The van der Waals surface area contributed by atoms with Crippen LogP contribution in [0.3, 0.4) is 0 Å². The molecule has 164 valence electrons. The third kappa shape index (κ3) is 3.66. The monoisotopic (exact) mass is 426 g/mol. The number of rotatable bonds is 3. The Balaban J connectivity index is 1.56. The van der Waals surface area contributed by atoms with Crippen LogP contribution in [0.25, 0.3) is 10.9 Å². The molecular weight excluding hydrogens is 398 g/mol. The van der Waals surface area contributed by atoms with Gasteiger partial charge in [0.25, 0.3) is 0 Å². The number of fused-ring (bicyclic) bond motifs is 2. The molecule has 1 unspecified atom stereocenters. The van der Waals surface area contributed by atoms with Crippen molar-refractivity contribution in [3.8, 4) is 0 Å². The fraction of sp³-hybridized carbons (Fsp3) is 0.480. The van der Waals surface area contributed by atoms with Crippen molar-refractivity contribution in [2.45, 2.75) is 70.6 Å². The summed E-state index contributed by atoms with van der Waals surface area (Å²) in [5, 5.41) is 16.1. The lowest BCUT2D eigenvalue weighted by Gasteiger charge is -2.24. The lowest BCUT2D eigenvalue weighted by atomic mass is 9.85. The number of hydrogen-bond donors (Lipinski definition) is 1. The Morgan fingerprint density at radius 3 is 2.39 bits per heavy atom.